The Labute approximate surface area is 160 Å². The van der Waals surface area contributed by atoms with Gasteiger partial charge in [-0.3, -0.25) is 4.79 Å². The van der Waals surface area contributed by atoms with Crippen LogP contribution < -0.4 is 4.90 Å². The van der Waals surface area contributed by atoms with Gasteiger partial charge in [0.25, 0.3) is 5.91 Å². The molecule has 142 valence electrons. The van der Waals surface area contributed by atoms with Crippen molar-refractivity contribution in [2.24, 2.45) is 0 Å². The fourth-order valence-corrected chi connectivity index (χ4v) is 3.85. The molecule has 0 fully saturated rings. The molecule has 0 aliphatic heterocycles. The van der Waals surface area contributed by atoms with E-state index in [0.29, 0.717) is 5.56 Å². The van der Waals surface area contributed by atoms with Gasteiger partial charge >= 0.3 is 5.97 Å². The molecule has 0 spiro atoms. The number of rotatable bonds is 3. The van der Waals surface area contributed by atoms with Crippen LogP contribution in [0, 0.1) is 0 Å². The number of carbonyl (C=O) groups excluding carboxylic acids is 1. The highest BCUT2D eigenvalue weighted by Crippen LogP contribution is 2.46. The van der Waals surface area contributed by atoms with Crippen LogP contribution in [0.5, 0.6) is 0 Å². The van der Waals surface area contributed by atoms with Crippen molar-refractivity contribution in [1.82, 2.24) is 0 Å². The summed E-state index contributed by atoms with van der Waals surface area (Å²) in [4.78, 5) is 25.5. The second-order valence-electron chi connectivity index (χ2n) is 8.74. The lowest BCUT2D eigenvalue weighted by Gasteiger charge is -2.42. The zero-order chi connectivity index (χ0) is 20.0. The number of carboxylic acid groups (broad SMARTS) is 1. The molecule has 0 saturated heterocycles. The maximum absolute atomic E-state index is 12.9. The van der Waals surface area contributed by atoms with Crippen molar-refractivity contribution in [1.29, 1.82) is 0 Å². The van der Waals surface area contributed by atoms with Crippen molar-refractivity contribution in [3.63, 3.8) is 0 Å². The van der Waals surface area contributed by atoms with Crippen LogP contribution in [0.2, 0.25) is 0 Å². The smallest absolute Gasteiger partial charge is 0.335 e. The van der Waals surface area contributed by atoms with E-state index in [4.69, 9.17) is 5.11 Å². The molecule has 0 bridgehead atoms. The van der Waals surface area contributed by atoms with Crippen molar-refractivity contribution < 1.29 is 14.7 Å². The molecule has 4 heteroatoms. The molecule has 0 saturated carbocycles. The van der Waals surface area contributed by atoms with Gasteiger partial charge in [-0.05, 0) is 71.2 Å². The van der Waals surface area contributed by atoms with Gasteiger partial charge in [0.2, 0.25) is 0 Å². The summed E-state index contributed by atoms with van der Waals surface area (Å²) in [6.07, 6.45) is 2.27. The first kappa shape index (κ1) is 19.2. The number of fused-ring (bicyclic) bond motifs is 1. The average Bonchev–Trinajstić information content (AvgIpc) is 2.64. The van der Waals surface area contributed by atoms with E-state index < -0.39 is 5.97 Å². The number of carboxylic acids is 1. The van der Waals surface area contributed by atoms with E-state index in [1.165, 1.54) is 23.3 Å². The lowest BCUT2D eigenvalue weighted by atomic mass is 9.63. The molecule has 0 aromatic heterocycles. The molecule has 0 unspecified atom stereocenters. The van der Waals surface area contributed by atoms with E-state index in [-0.39, 0.29) is 22.3 Å². The summed E-state index contributed by atoms with van der Waals surface area (Å²) < 4.78 is 0. The van der Waals surface area contributed by atoms with Gasteiger partial charge in [-0.1, -0.05) is 33.8 Å². The van der Waals surface area contributed by atoms with E-state index in [1.54, 1.807) is 24.1 Å². The van der Waals surface area contributed by atoms with Crippen molar-refractivity contribution in [2.45, 2.75) is 51.4 Å². The number of hydrogen-bond donors (Lipinski definition) is 1. The SMILES string of the molecule is CN(C(=O)c1ccc(C(=O)O)cc1)c1ccc2c(c1)C(C)(C)CCC2(C)C. The third kappa shape index (κ3) is 3.48. The molecular weight excluding hydrogens is 338 g/mol. The Bertz CT molecular complexity index is 894. The van der Waals surface area contributed by atoms with E-state index >= 15 is 0 Å². The normalized spacial score (nSPS) is 17.1. The summed E-state index contributed by atoms with van der Waals surface area (Å²) in [5.41, 5.74) is 4.37. The van der Waals surface area contributed by atoms with Crippen molar-refractivity contribution in [2.75, 3.05) is 11.9 Å². The first-order chi connectivity index (χ1) is 12.5. The second kappa shape index (κ2) is 6.52. The van der Waals surface area contributed by atoms with E-state index in [1.807, 2.05) is 6.07 Å². The number of benzene rings is 2. The zero-order valence-electron chi connectivity index (χ0n) is 16.7. The van der Waals surface area contributed by atoms with Crippen LogP contribution in [0.1, 0.15) is 72.4 Å². The topological polar surface area (TPSA) is 57.6 Å². The number of amides is 1. The maximum Gasteiger partial charge on any atom is 0.335 e. The Morgan fingerprint density at radius 2 is 1.37 bits per heavy atom. The number of aromatic carboxylic acids is 1. The molecule has 27 heavy (non-hydrogen) atoms. The van der Waals surface area contributed by atoms with Crippen LogP contribution in [0.15, 0.2) is 42.5 Å². The van der Waals surface area contributed by atoms with Crippen LogP contribution in [0.25, 0.3) is 0 Å². The first-order valence-corrected chi connectivity index (χ1v) is 9.29. The summed E-state index contributed by atoms with van der Waals surface area (Å²) >= 11 is 0. The lowest BCUT2D eigenvalue weighted by Crippen LogP contribution is -2.34. The van der Waals surface area contributed by atoms with E-state index in [2.05, 4.69) is 39.8 Å². The Balaban J connectivity index is 1.94. The summed E-state index contributed by atoms with van der Waals surface area (Å²) in [6, 6.07) is 12.3. The largest absolute Gasteiger partial charge is 0.478 e. The van der Waals surface area contributed by atoms with Crippen molar-refractivity contribution in [3.8, 4) is 0 Å². The molecule has 2 aromatic carbocycles. The highest BCUT2D eigenvalue weighted by Gasteiger charge is 2.37. The minimum atomic E-state index is -0.998. The van der Waals surface area contributed by atoms with Gasteiger partial charge in [-0.2, -0.15) is 0 Å². The predicted molar refractivity (Wildman–Crippen MR) is 108 cm³/mol. The minimum absolute atomic E-state index is 0.0773. The van der Waals surface area contributed by atoms with Crippen molar-refractivity contribution >= 4 is 17.6 Å². The van der Waals surface area contributed by atoms with Crippen molar-refractivity contribution in [3.05, 3.63) is 64.7 Å². The standard InChI is InChI=1S/C23H27NO3/c1-22(2)12-13-23(3,4)19-14-17(10-11-18(19)22)24(5)20(25)15-6-8-16(9-7-15)21(26)27/h6-11,14H,12-13H2,1-5H3,(H,26,27). The van der Waals surface area contributed by atoms with E-state index in [0.717, 1.165) is 18.5 Å². The third-order valence-electron chi connectivity index (χ3n) is 5.91. The van der Waals surface area contributed by atoms with Crippen LogP contribution in [-0.2, 0) is 10.8 Å². The number of carbonyl (C=O) groups is 2. The quantitative estimate of drug-likeness (QED) is 0.832. The number of anilines is 1. The Kier molecular flexibility index (Phi) is 4.62. The molecule has 1 aliphatic rings. The van der Waals surface area contributed by atoms with Gasteiger partial charge in [0.15, 0.2) is 0 Å². The Morgan fingerprint density at radius 1 is 0.852 bits per heavy atom. The minimum Gasteiger partial charge on any atom is -0.478 e. The molecule has 4 nitrogen and oxygen atoms in total. The number of hydrogen-bond acceptors (Lipinski definition) is 2. The summed E-state index contributed by atoms with van der Waals surface area (Å²) in [5, 5.41) is 9.01. The van der Waals surface area contributed by atoms with Crippen LogP contribution in [0.3, 0.4) is 0 Å². The highest BCUT2D eigenvalue weighted by atomic mass is 16.4. The molecule has 3 rings (SSSR count). The third-order valence-corrected chi connectivity index (χ3v) is 5.91. The molecule has 0 atom stereocenters. The van der Waals surface area contributed by atoms with Gasteiger partial charge in [0.1, 0.15) is 0 Å². The average molecular weight is 365 g/mol. The molecule has 0 heterocycles. The second-order valence-corrected chi connectivity index (χ2v) is 8.74. The molecule has 0 radical (unpaired) electrons. The van der Waals surface area contributed by atoms with Gasteiger partial charge in [-0.25, -0.2) is 4.79 Å². The number of nitrogens with zero attached hydrogens (tertiary/aromatic N) is 1. The summed E-state index contributed by atoms with van der Waals surface area (Å²) in [5.74, 6) is -1.15. The van der Waals surface area contributed by atoms with Crippen LogP contribution in [-0.4, -0.2) is 24.0 Å². The fraction of sp³-hybridized carbons (Fsp3) is 0.391. The lowest BCUT2D eigenvalue weighted by molar-refractivity contribution is 0.0696. The monoisotopic (exact) mass is 365 g/mol. The molecule has 1 N–H and O–H groups in total. The maximum atomic E-state index is 12.9. The van der Waals surface area contributed by atoms with Gasteiger partial charge in [-0.15, -0.1) is 0 Å². The zero-order valence-corrected chi connectivity index (χ0v) is 16.7. The van der Waals surface area contributed by atoms with Crippen LogP contribution in [0.4, 0.5) is 5.69 Å². The predicted octanol–water partition coefficient (Wildman–Crippen LogP) is 5.01. The molecule has 1 amide bonds. The molecule has 2 aromatic rings. The Morgan fingerprint density at radius 3 is 1.93 bits per heavy atom. The highest BCUT2D eigenvalue weighted by molar-refractivity contribution is 6.06. The fourth-order valence-electron chi connectivity index (χ4n) is 3.85. The van der Waals surface area contributed by atoms with Gasteiger partial charge in [0.05, 0.1) is 5.56 Å². The van der Waals surface area contributed by atoms with Crippen LogP contribution >= 0.6 is 0 Å². The first-order valence-electron chi connectivity index (χ1n) is 9.29. The molecule has 1 aliphatic carbocycles. The summed E-state index contributed by atoms with van der Waals surface area (Å²) in [6.45, 7) is 9.08. The molecular formula is C23H27NO3. The van der Waals surface area contributed by atoms with Gasteiger partial charge in [0, 0.05) is 18.3 Å². The van der Waals surface area contributed by atoms with Gasteiger partial charge < -0.3 is 10.0 Å². The van der Waals surface area contributed by atoms with E-state index in [9.17, 15) is 9.59 Å². The summed E-state index contributed by atoms with van der Waals surface area (Å²) in [7, 11) is 1.76. The Hall–Kier alpha value is -2.62.